The minimum absolute atomic E-state index is 1.08. The number of hydrogen-bond donors (Lipinski definition) is 0. The Kier molecular flexibility index (Phi) is 10.7. The Morgan fingerprint density at radius 2 is 0.446 bits per heavy atom. The Balaban J connectivity index is 0.961. The molecule has 11 aromatic carbocycles. The lowest BCUT2D eigenvalue weighted by molar-refractivity contribution is 1.28. The summed E-state index contributed by atoms with van der Waals surface area (Å²) in [4.78, 5) is 2.36. The maximum Gasteiger partial charge on any atom is 0.0462 e. The number of fused-ring (bicyclic) bond motifs is 1. The molecule has 0 bridgehead atoms. The third-order valence-electron chi connectivity index (χ3n) is 12.6. The van der Waals surface area contributed by atoms with Crippen molar-refractivity contribution in [1.82, 2.24) is 0 Å². The zero-order valence-electron chi connectivity index (χ0n) is 35.9. The van der Waals surface area contributed by atoms with Gasteiger partial charge in [-0.15, -0.1) is 0 Å². The summed E-state index contributed by atoms with van der Waals surface area (Å²) in [6, 6.07) is 98.7. The molecule has 0 saturated carbocycles. The van der Waals surface area contributed by atoms with E-state index >= 15 is 0 Å². The maximum absolute atomic E-state index is 2.36. The Hall–Kier alpha value is -8.52. The second kappa shape index (κ2) is 17.7. The molecule has 0 amide bonds. The van der Waals surface area contributed by atoms with E-state index in [4.69, 9.17) is 0 Å². The van der Waals surface area contributed by atoms with Crippen molar-refractivity contribution in [2.75, 3.05) is 4.90 Å². The molecule has 0 spiro atoms. The van der Waals surface area contributed by atoms with E-state index in [0.717, 1.165) is 22.6 Å². The van der Waals surface area contributed by atoms with Gasteiger partial charge in [0.2, 0.25) is 0 Å². The molecule has 0 radical (unpaired) electrons. The van der Waals surface area contributed by atoms with Crippen LogP contribution in [-0.2, 0) is 0 Å². The SMILES string of the molecule is c1ccc(-c2ccc(-c3ccc(N(c4ccc(-c5ccccc5-c5ccccc5-c5ccccc5-c5ccccc5)cc4)c4ccc(-c5cccc6ccccc56)cc4)cc3)cc2)cc1. The van der Waals surface area contributed by atoms with Crippen LogP contribution in [0.15, 0.2) is 273 Å². The molecule has 0 aliphatic carbocycles. The van der Waals surface area contributed by atoms with Crippen LogP contribution in [0, 0.1) is 0 Å². The normalized spacial score (nSPS) is 11.1. The van der Waals surface area contributed by atoms with Gasteiger partial charge in [-0.2, -0.15) is 0 Å². The first-order valence-electron chi connectivity index (χ1n) is 22.3. The Morgan fingerprint density at radius 1 is 0.169 bits per heavy atom. The van der Waals surface area contributed by atoms with Gasteiger partial charge in [0, 0.05) is 17.1 Å². The molecule has 11 aromatic rings. The molecule has 11 rings (SSSR count). The van der Waals surface area contributed by atoms with Crippen LogP contribution < -0.4 is 4.90 Å². The Morgan fingerprint density at radius 3 is 0.923 bits per heavy atom. The van der Waals surface area contributed by atoms with Gasteiger partial charge in [0.05, 0.1) is 0 Å². The average Bonchev–Trinajstić information content (AvgIpc) is 3.40. The predicted molar refractivity (Wildman–Crippen MR) is 277 cm³/mol. The van der Waals surface area contributed by atoms with Gasteiger partial charge in [-0.1, -0.05) is 237 Å². The highest BCUT2D eigenvalue weighted by atomic mass is 15.1. The second-order valence-electron chi connectivity index (χ2n) is 16.4. The van der Waals surface area contributed by atoms with Gasteiger partial charge >= 0.3 is 0 Å². The molecular weight excluding hydrogens is 783 g/mol. The summed E-state index contributed by atoms with van der Waals surface area (Å²) in [5.74, 6) is 0. The van der Waals surface area contributed by atoms with Gasteiger partial charge in [-0.3, -0.25) is 0 Å². The summed E-state index contributed by atoms with van der Waals surface area (Å²) in [5, 5.41) is 2.50. The maximum atomic E-state index is 2.36. The van der Waals surface area contributed by atoms with Crippen molar-refractivity contribution in [1.29, 1.82) is 0 Å². The first-order valence-corrected chi connectivity index (χ1v) is 22.3. The lowest BCUT2D eigenvalue weighted by Gasteiger charge is -2.26. The van der Waals surface area contributed by atoms with Crippen LogP contribution in [0.1, 0.15) is 0 Å². The molecule has 0 saturated heterocycles. The quantitative estimate of drug-likeness (QED) is 0.133. The van der Waals surface area contributed by atoms with Crippen molar-refractivity contribution in [3.8, 4) is 77.9 Å². The molecule has 0 aliphatic rings. The molecule has 0 aromatic heterocycles. The lowest BCUT2D eigenvalue weighted by atomic mass is 9.87. The van der Waals surface area contributed by atoms with Crippen LogP contribution >= 0.6 is 0 Å². The first kappa shape index (κ1) is 39.3. The zero-order valence-corrected chi connectivity index (χ0v) is 35.9. The van der Waals surface area contributed by atoms with Gasteiger partial charge in [0.25, 0.3) is 0 Å². The fourth-order valence-electron chi connectivity index (χ4n) is 9.30. The van der Waals surface area contributed by atoms with E-state index in [2.05, 4.69) is 278 Å². The number of hydrogen-bond acceptors (Lipinski definition) is 1. The highest BCUT2D eigenvalue weighted by molar-refractivity contribution is 5.98. The fourth-order valence-corrected chi connectivity index (χ4v) is 9.30. The van der Waals surface area contributed by atoms with Gasteiger partial charge in [0.15, 0.2) is 0 Å². The first-order chi connectivity index (χ1) is 32.2. The lowest BCUT2D eigenvalue weighted by Crippen LogP contribution is -2.09. The van der Waals surface area contributed by atoms with Crippen LogP contribution in [-0.4, -0.2) is 0 Å². The Bertz CT molecular complexity index is 3360. The van der Waals surface area contributed by atoms with E-state index < -0.39 is 0 Å². The third-order valence-corrected chi connectivity index (χ3v) is 12.6. The molecule has 0 aliphatic heterocycles. The number of rotatable bonds is 10. The van der Waals surface area contributed by atoms with Crippen molar-refractivity contribution in [2.24, 2.45) is 0 Å². The summed E-state index contributed by atoms with van der Waals surface area (Å²) >= 11 is 0. The van der Waals surface area contributed by atoms with Crippen LogP contribution in [0.2, 0.25) is 0 Å². The van der Waals surface area contributed by atoms with Crippen LogP contribution in [0.5, 0.6) is 0 Å². The van der Waals surface area contributed by atoms with Crippen molar-refractivity contribution in [3.63, 3.8) is 0 Å². The second-order valence-corrected chi connectivity index (χ2v) is 16.4. The number of nitrogens with zero attached hydrogens (tertiary/aromatic N) is 1. The third kappa shape index (κ3) is 7.93. The summed E-state index contributed by atoms with van der Waals surface area (Å²) in [7, 11) is 0. The molecule has 0 fully saturated rings. The fraction of sp³-hybridized carbons (Fsp3) is 0. The predicted octanol–water partition coefficient (Wildman–Crippen LogP) is 18.0. The van der Waals surface area contributed by atoms with Gasteiger partial charge in [0.1, 0.15) is 0 Å². The van der Waals surface area contributed by atoms with E-state index in [1.807, 2.05) is 0 Å². The van der Waals surface area contributed by atoms with Crippen molar-refractivity contribution in [2.45, 2.75) is 0 Å². The van der Waals surface area contributed by atoms with Crippen LogP contribution in [0.4, 0.5) is 17.1 Å². The van der Waals surface area contributed by atoms with Gasteiger partial charge < -0.3 is 4.90 Å². The average molecular weight is 828 g/mol. The van der Waals surface area contributed by atoms with E-state index in [1.165, 1.54) is 83.1 Å². The molecule has 0 N–H and O–H groups in total. The highest BCUT2D eigenvalue weighted by Gasteiger charge is 2.18. The molecule has 0 unspecified atom stereocenters. The van der Waals surface area contributed by atoms with E-state index in [0.29, 0.717) is 0 Å². The van der Waals surface area contributed by atoms with E-state index in [1.54, 1.807) is 0 Å². The smallest absolute Gasteiger partial charge is 0.0462 e. The van der Waals surface area contributed by atoms with Gasteiger partial charge in [-0.25, -0.2) is 0 Å². The van der Waals surface area contributed by atoms with Crippen LogP contribution in [0.25, 0.3) is 88.7 Å². The molecule has 306 valence electrons. The molecule has 0 heterocycles. The van der Waals surface area contributed by atoms with E-state index in [-0.39, 0.29) is 0 Å². The van der Waals surface area contributed by atoms with Crippen molar-refractivity contribution >= 4 is 27.8 Å². The molecule has 1 nitrogen and oxygen atoms in total. The molecule has 1 heteroatoms. The zero-order chi connectivity index (χ0) is 43.4. The molecule has 65 heavy (non-hydrogen) atoms. The summed E-state index contributed by atoms with van der Waals surface area (Å²) in [6.45, 7) is 0. The van der Waals surface area contributed by atoms with Crippen molar-refractivity contribution in [3.05, 3.63) is 273 Å². The monoisotopic (exact) mass is 827 g/mol. The minimum atomic E-state index is 1.08. The Labute approximate surface area is 381 Å². The summed E-state index contributed by atoms with van der Waals surface area (Å²) < 4.78 is 0. The van der Waals surface area contributed by atoms with Crippen molar-refractivity contribution < 1.29 is 0 Å². The number of anilines is 3. The summed E-state index contributed by atoms with van der Waals surface area (Å²) in [5.41, 5.74) is 20.1. The van der Waals surface area contributed by atoms with Gasteiger partial charge in [-0.05, 0) is 125 Å². The highest BCUT2D eigenvalue weighted by Crippen LogP contribution is 2.43. The largest absolute Gasteiger partial charge is 0.311 e. The van der Waals surface area contributed by atoms with Crippen LogP contribution in [0.3, 0.4) is 0 Å². The molecule has 0 atom stereocenters. The molecular formula is C64H45N. The minimum Gasteiger partial charge on any atom is -0.311 e. The van der Waals surface area contributed by atoms with E-state index in [9.17, 15) is 0 Å². The topological polar surface area (TPSA) is 3.24 Å². The number of benzene rings is 11. The standard InChI is InChI=1S/C64H45N/c1-3-16-46(17-4-1)47-30-32-48(33-31-47)49-34-40-54(41-35-49)65(55-42-36-52(37-43-55)58-29-15-21-51-20-7-8-22-57(51)58)56-44-38-53(39-45-56)60-24-10-12-26-62(60)64-28-14-13-27-63(64)61-25-11-9-23-59(61)50-18-5-2-6-19-50/h1-45H. The summed E-state index contributed by atoms with van der Waals surface area (Å²) in [6.07, 6.45) is 0.